The van der Waals surface area contributed by atoms with Crippen LogP contribution in [0.5, 0.6) is 5.75 Å². The molecule has 5 nitrogen and oxygen atoms in total. The minimum absolute atomic E-state index is 0.0257. The number of hydrogen-bond acceptors (Lipinski definition) is 5. The highest BCUT2D eigenvalue weighted by molar-refractivity contribution is 6.13. The SMILES string of the molecule is COC(OC)C(=O)C1COc2ccccc2C1=O. The third kappa shape index (κ3) is 2.14. The number of ether oxygens (including phenoxy) is 3. The number of methoxy groups -OCH3 is 2. The standard InChI is InChI=1S/C13H14O5/c1-16-13(17-2)12(15)9-7-18-10-6-4-3-5-8(10)11(9)14/h3-6,9,13H,7H2,1-2H3. The average molecular weight is 250 g/mol. The van der Waals surface area contributed by atoms with Gasteiger partial charge in [0.2, 0.25) is 12.1 Å². The van der Waals surface area contributed by atoms with E-state index in [1.807, 2.05) is 0 Å². The summed E-state index contributed by atoms with van der Waals surface area (Å²) >= 11 is 0. The summed E-state index contributed by atoms with van der Waals surface area (Å²) in [6.07, 6.45) is -1.03. The van der Waals surface area contributed by atoms with Gasteiger partial charge in [-0.15, -0.1) is 0 Å². The fourth-order valence-corrected chi connectivity index (χ4v) is 1.94. The lowest BCUT2D eigenvalue weighted by atomic mass is 9.91. The van der Waals surface area contributed by atoms with Crippen LogP contribution >= 0.6 is 0 Å². The van der Waals surface area contributed by atoms with Crippen LogP contribution in [0.25, 0.3) is 0 Å². The van der Waals surface area contributed by atoms with Gasteiger partial charge in [-0.05, 0) is 12.1 Å². The molecule has 0 bridgehead atoms. The van der Waals surface area contributed by atoms with Gasteiger partial charge in [0.25, 0.3) is 0 Å². The van der Waals surface area contributed by atoms with Crippen LogP contribution in [0.3, 0.4) is 0 Å². The Labute approximate surface area is 105 Å². The lowest BCUT2D eigenvalue weighted by molar-refractivity contribution is -0.160. The zero-order chi connectivity index (χ0) is 13.1. The molecule has 1 unspecified atom stereocenters. The van der Waals surface area contributed by atoms with Gasteiger partial charge in [0.15, 0.2) is 5.78 Å². The Morgan fingerprint density at radius 3 is 2.67 bits per heavy atom. The summed E-state index contributed by atoms with van der Waals surface area (Å²) in [5.74, 6) is -1.02. The lowest BCUT2D eigenvalue weighted by Crippen LogP contribution is -2.41. The smallest absolute Gasteiger partial charge is 0.218 e. The normalized spacial score (nSPS) is 18.4. The van der Waals surface area contributed by atoms with Crippen LogP contribution in [0.4, 0.5) is 0 Å². The molecule has 0 fully saturated rings. The molecule has 0 aromatic heterocycles. The molecule has 1 aromatic rings. The largest absolute Gasteiger partial charge is 0.492 e. The molecule has 2 rings (SSSR count). The molecule has 0 saturated carbocycles. The Balaban J connectivity index is 2.24. The van der Waals surface area contributed by atoms with E-state index < -0.39 is 18.0 Å². The van der Waals surface area contributed by atoms with Gasteiger partial charge in [-0.25, -0.2) is 0 Å². The number of carbonyl (C=O) groups excluding carboxylic acids is 2. The number of benzene rings is 1. The average Bonchev–Trinajstić information content (AvgIpc) is 2.40. The maximum atomic E-state index is 12.2. The number of Topliss-reactive ketones (excluding diaryl/α,β-unsaturated/α-hetero) is 2. The summed E-state index contributed by atoms with van der Waals surface area (Å²) in [6.45, 7) is 0.0257. The fraction of sp³-hybridized carbons (Fsp3) is 0.385. The molecule has 5 heteroatoms. The van der Waals surface area contributed by atoms with Gasteiger partial charge in [0.1, 0.15) is 18.3 Å². The Hall–Kier alpha value is -1.72. The van der Waals surface area contributed by atoms with Crippen molar-refractivity contribution >= 4 is 11.6 Å². The number of ketones is 2. The first kappa shape index (κ1) is 12.7. The Kier molecular flexibility index (Phi) is 3.74. The van der Waals surface area contributed by atoms with Crippen LogP contribution in [-0.2, 0) is 14.3 Å². The number of para-hydroxylation sites is 1. The number of carbonyl (C=O) groups is 2. The first-order chi connectivity index (χ1) is 8.69. The molecular weight excluding hydrogens is 236 g/mol. The van der Waals surface area contributed by atoms with Crippen LogP contribution in [0.15, 0.2) is 24.3 Å². The molecule has 96 valence electrons. The van der Waals surface area contributed by atoms with E-state index in [2.05, 4.69) is 0 Å². The number of fused-ring (bicyclic) bond motifs is 1. The summed E-state index contributed by atoms with van der Waals surface area (Å²) in [5.41, 5.74) is 0.424. The molecule has 0 saturated heterocycles. The van der Waals surface area contributed by atoms with Crippen molar-refractivity contribution in [3.05, 3.63) is 29.8 Å². The van der Waals surface area contributed by atoms with Crippen molar-refractivity contribution in [2.24, 2.45) is 5.92 Å². The van der Waals surface area contributed by atoms with Crippen LogP contribution in [-0.4, -0.2) is 38.7 Å². The number of hydrogen-bond donors (Lipinski definition) is 0. The predicted octanol–water partition coefficient (Wildman–Crippen LogP) is 1.07. The van der Waals surface area contributed by atoms with E-state index in [0.29, 0.717) is 11.3 Å². The van der Waals surface area contributed by atoms with Crippen molar-refractivity contribution in [3.8, 4) is 5.75 Å². The molecule has 1 atom stereocenters. The second kappa shape index (κ2) is 5.29. The third-order valence-electron chi connectivity index (χ3n) is 2.88. The van der Waals surface area contributed by atoms with Gasteiger partial charge in [0, 0.05) is 14.2 Å². The zero-order valence-electron chi connectivity index (χ0n) is 10.2. The monoisotopic (exact) mass is 250 g/mol. The van der Waals surface area contributed by atoms with E-state index in [0.717, 1.165) is 0 Å². The van der Waals surface area contributed by atoms with Crippen molar-refractivity contribution in [1.29, 1.82) is 0 Å². The summed E-state index contributed by atoms with van der Waals surface area (Å²) in [6, 6.07) is 6.86. The Morgan fingerprint density at radius 1 is 1.33 bits per heavy atom. The second-order valence-corrected chi connectivity index (χ2v) is 3.93. The minimum Gasteiger partial charge on any atom is -0.492 e. The summed E-state index contributed by atoms with van der Waals surface area (Å²) in [7, 11) is 2.71. The van der Waals surface area contributed by atoms with Crippen molar-refractivity contribution in [2.45, 2.75) is 6.29 Å². The molecule has 1 aliphatic heterocycles. The van der Waals surface area contributed by atoms with Crippen molar-refractivity contribution in [3.63, 3.8) is 0 Å². The quantitative estimate of drug-likeness (QED) is 0.590. The summed E-state index contributed by atoms with van der Waals surface area (Å²) < 4.78 is 15.2. The number of rotatable bonds is 4. The first-order valence-corrected chi connectivity index (χ1v) is 5.54. The molecule has 0 aliphatic carbocycles. The van der Waals surface area contributed by atoms with E-state index in [1.54, 1.807) is 24.3 Å². The van der Waals surface area contributed by atoms with Crippen LogP contribution < -0.4 is 4.74 Å². The highest BCUT2D eigenvalue weighted by Crippen LogP contribution is 2.28. The van der Waals surface area contributed by atoms with Crippen LogP contribution in [0.1, 0.15) is 10.4 Å². The Bertz CT molecular complexity index is 464. The molecule has 0 spiro atoms. The molecule has 0 amide bonds. The van der Waals surface area contributed by atoms with Gasteiger partial charge in [-0.2, -0.15) is 0 Å². The summed E-state index contributed by atoms with van der Waals surface area (Å²) in [4.78, 5) is 24.2. The van der Waals surface area contributed by atoms with Crippen LogP contribution in [0.2, 0.25) is 0 Å². The third-order valence-corrected chi connectivity index (χ3v) is 2.88. The summed E-state index contributed by atoms with van der Waals surface area (Å²) in [5, 5.41) is 0. The molecule has 1 aromatic carbocycles. The molecule has 1 heterocycles. The van der Waals surface area contributed by atoms with Crippen molar-refractivity contribution in [1.82, 2.24) is 0 Å². The van der Waals surface area contributed by atoms with Crippen LogP contribution in [0, 0.1) is 5.92 Å². The first-order valence-electron chi connectivity index (χ1n) is 5.54. The molecule has 0 radical (unpaired) electrons. The van der Waals surface area contributed by atoms with Crippen molar-refractivity contribution in [2.75, 3.05) is 20.8 Å². The topological polar surface area (TPSA) is 61.8 Å². The maximum Gasteiger partial charge on any atom is 0.218 e. The van der Waals surface area contributed by atoms with Gasteiger partial charge >= 0.3 is 0 Å². The maximum absolute atomic E-state index is 12.2. The predicted molar refractivity (Wildman–Crippen MR) is 62.6 cm³/mol. The second-order valence-electron chi connectivity index (χ2n) is 3.93. The Morgan fingerprint density at radius 2 is 2.00 bits per heavy atom. The highest BCUT2D eigenvalue weighted by atomic mass is 16.7. The van der Waals surface area contributed by atoms with E-state index in [4.69, 9.17) is 14.2 Å². The van der Waals surface area contributed by atoms with E-state index >= 15 is 0 Å². The zero-order valence-corrected chi connectivity index (χ0v) is 10.2. The van der Waals surface area contributed by atoms with Gasteiger partial charge in [0.05, 0.1) is 5.56 Å². The van der Waals surface area contributed by atoms with Gasteiger partial charge < -0.3 is 14.2 Å². The van der Waals surface area contributed by atoms with Gasteiger partial charge in [-0.3, -0.25) is 9.59 Å². The van der Waals surface area contributed by atoms with E-state index in [9.17, 15) is 9.59 Å². The highest BCUT2D eigenvalue weighted by Gasteiger charge is 2.37. The van der Waals surface area contributed by atoms with Gasteiger partial charge in [-0.1, -0.05) is 12.1 Å². The van der Waals surface area contributed by atoms with Crippen molar-refractivity contribution < 1.29 is 23.8 Å². The molecular formula is C13H14O5. The minimum atomic E-state index is -1.03. The molecule has 0 N–H and O–H groups in total. The molecule has 18 heavy (non-hydrogen) atoms. The van der Waals surface area contributed by atoms with E-state index in [1.165, 1.54) is 14.2 Å². The molecule has 1 aliphatic rings. The lowest BCUT2D eigenvalue weighted by Gasteiger charge is -2.25. The fourth-order valence-electron chi connectivity index (χ4n) is 1.94. The van der Waals surface area contributed by atoms with E-state index in [-0.39, 0.29) is 12.4 Å².